The van der Waals surface area contributed by atoms with Crippen LogP contribution in [-0.4, -0.2) is 10.9 Å². The van der Waals surface area contributed by atoms with Crippen molar-refractivity contribution in [2.45, 2.75) is 19.8 Å². The Morgan fingerprint density at radius 3 is 2.77 bits per heavy atom. The van der Waals surface area contributed by atoms with E-state index in [0.29, 0.717) is 15.2 Å². The lowest BCUT2D eigenvalue weighted by atomic mass is 9.94. The molecule has 3 nitrogen and oxygen atoms in total. The minimum absolute atomic E-state index is 0.0534. The van der Waals surface area contributed by atoms with Crippen LogP contribution in [0.3, 0.4) is 0 Å². The third-order valence-electron chi connectivity index (χ3n) is 4.35. The Morgan fingerprint density at radius 2 is 2.15 bits per heavy atom. The lowest BCUT2D eigenvalue weighted by Crippen LogP contribution is -2.25. The molecule has 1 amide bonds. The van der Waals surface area contributed by atoms with Crippen LogP contribution >= 0.6 is 34.5 Å². The second-order valence-electron chi connectivity index (χ2n) is 5.95. The van der Waals surface area contributed by atoms with E-state index < -0.39 is 5.41 Å². The Balaban J connectivity index is 1.77. The van der Waals surface area contributed by atoms with Crippen molar-refractivity contribution < 1.29 is 4.79 Å². The molecule has 1 aromatic heterocycles. The van der Waals surface area contributed by atoms with Gasteiger partial charge in [0.15, 0.2) is 5.13 Å². The van der Waals surface area contributed by atoms with Crippen LogP contribution in [0.25, 0.3) is 11.3 Å². The van der Waals surface area contributed by atoms with Gasteiger partial charge in [0.05, 0.1) is 21.2 Å². The van der Waals surface area contributed by atoms with Gasteiger partial charge in [-0.3, -0.25) is 4.79 Å². The summed E-state index contributed by atoms with van der Waals surface area (Å²) in [4.78, 5) is 17.3. The van der Waals surface area contributed by atoms with Crippen LogP contribution in [0.15, 0.2) is 47.4 Å². The molecule has 0 spiro atoms. The minimum atomic E-state index is -0.502. The van der Waals surface area contributed by atoms with Crippen LogP contribution in [-0.2, 0) is 4.79 Å². The first kappa shape index (κ1) is 18.7. The summed E-state index contributed by atoms with van der Waals surface area (Å²) in [6, 6.07) is 5.33. The minimum Gasteiger partial charge on any atom is -0.301 e. The molecule has 132 valence electrons. The number of benzene rings is 1. The van der Waals surface area contributed by atoms with Crippen molar-refractivity contribution in [3.8, 4) is 23.6 Å². The Labute approximate surface area is 166 Å². The third-order valence-corrected chi connectivity index (χ3v) is 5.84. The average Bonchev–Trinajstić information content (AvgIpc) is 3.31. The summed E-state index contributed by atoms with van der Waals surface area (Å²) in [5.74, 6) is 2.41. The van der Waals surface area contributed by atoms with E-state index in [2.05, 4.69) is 16.2 Å². The topological polar surface area (TPSA) is 42.0 Å². The number of allylic oxidation sites excluding steroid dienone is 3. The van der Waals surface area contributed by atoms with Crippen molar-refractivity contribution in [3.63, 3.8) is 0 Å². The molecule has 26 heavy (non-hydrogen) atoms. The number of amides is 1. The number of thiazole rings is 1. The number of nitrogens with zero attached hydrogens (tertiary/aromatic N) is 1. The second-order valence-corrected chi connectivity index (χ2v) is 7.62. The average molecular weight is 403 g/mol. The van der Waals surface area contributed by atoms with Crippen molar-refractivity contribution in [1.29, 1.82) is 0 Å². The van der Waals surface area contributed by atoms with Crippen LogP contribution in [0.1, 0.15) is 19.8 Å². The molecule has 0 unspecified atom stereocenters. The quantitative estimate of drug-likeness (QED) is 0.494. The molecule has 1 N–H and O–H groups in total. The van der Waals surface area contributed by atoms with Crippen LogP contribution in [0.5, 0.6) is 0 Å². The van der Waals surface area contributed by atoms with Crippen molar-refractivity contribution in [2.75, 3.05) is 5.32 Å². The highest BCUT2D eigenvalue weighted by Crippen LogP contribution is 2.53. The first-order chi connectivity index (χ1) is 12.5. The number of anilines is 1. The highest BCUT2D eigenvalue weighted by Gasteiger charge is 2.51. The standard InChI is InChI=1S/C20H16Cl2N2OS/c1-3-5-6-14(4-2)20(9-10-20)18(25)24-19-23-17(12-26-19)13-7-8-15(21)16(22)11-13/h1,4-8,11-12H,9-10H2,2H3,(H,23,24,25)/b6-5-,14-4+. The fourth-order valence-electron chi connectivity index (χ4n) is 2.78. The first-order valence-electron chi connectivity index (χ1n) is 8.02. The first-order valence-corrected chi connectivity index (χ1v) is 9.65. The number of halogens is 2. The van der Waals surface area contributed by atoms with E-state index in [9.17, 15) is 4.79 Å². The maximum Gasteiger partial charge on any atom is 0.236 e. The third kappa shape index (κ3) is 3.71. The summed E-state index contributed by atoms with van der Waals surface area (Å²) in [7, 11) is 0. The molecule has 1 aliphatic carbocycles. The number of aromatic nitrogens is 1. The van der Waals surface area contributed by atoms with Crippen LogP contribution < -0.4 is 5.32 Å². The number of hydrogen-bond acceptors (Lipinski definition) is 3. The Hall–Kier alpha value is -2.06. The summed E-state index contributed by atoms with van der Waals surface area (Å²) >= 11 is 13.4. The van der Waals surface area contributed by atoms with Crippen molar-refractivity contribution >= 4 is 45.6 Å². The fraction of sp³-hybridized carbons (Fsp3) is 0.200. The van der Waals surface area contributed by atoms with E-state index in [1.54, 1.807) is 18.2 Å². The van der Waals surface area contributed by atoms with Gasteiger partial charge in [0.25, 0.3) is 0 Å². The second kappa shape index (κ2) is 7.67. The summed E-state index contributed by atoms with van der Waals surface area (Å²) in [5, 5.41) is 6.33. The van der Waals surface area contributed by atoms with Gasteiger partial charge in [-0.2, -0.15) is 0 Å². The van der Waals surface area contributed by atoms with E-state index in [0.717, 1.165) is 29.7 Å². The van der Waals surface area contributed by atoms with Crippen LogP contribution in [0.2, 0.25) is 10.0 Å². The summed E-state index contributed by atoms with van der Waals surface area (Å²) < 4.78 is 0. The van der Waals surface area contributed by atoms with Gasteiger partial charge in [-0.05, 0) is 49.6 Å². The van der Waals surface area contributed by atoms with E-state index >= 15 is 0 Å². The van der Waals surface area contributed by atoms with Crippen molar-refractivity contribution in [2.24, 2.45) is 5.41 Å². The molecule has 1 heterocycles. The Kier molecular flexibility index (Phi) is 5.52. The Bertz CT molecular complexity index is 949. The highest BCUT2D eigenvalue weighted by molar-refractivity contribution is 7.14. The van der Waals surface area contributed by atoms with Gasteiger partial charge in [-0.25, -0.2) is 4.98 Å². The zero-order valence-corrected chi connectivity index (χ0v) is 16.4. The van der Waals surface area contributed by atoms with Gasteiger partial charge >= 0.3 is 0 Å². The number of rotatable bonds is 5. The van der Waals surface area contributed by atoms with Gasteiger partial charge in [-0.15, -0.1) is 17.8 Å². The van der Waals surface area contributed by atoms with E-state index in [1.807, 2.05) is 30.5 Å². The lowest BCUT2D eigenvalue weighted by molar-refractivity contribution is -0.119. The van der Waals surface area contributed by atoms with E-state index in [1.165, 1.54) is 11.3 Å². The maximum atomic E-state index is 12.8. The van der Waals surface area contributed by atoms with Crippen molar-refractivity contribution in [1.82, 2.24) is 4.98 Å². The van der Waals surface area contributed by atoms with Crippen LogP contribution in [0.4, 0.5) is 5.13 Å². The molecule has 1 aromatic carbocycles. The fourth-order valence-corrected chi connectivity index (χ4v) is 3.79. The number of hydrogen-bond donors (Lipinski definition) is 1. The molecular formula is C20H16Cl2N2OS. The zero-order chi connectivity index (χ0) is 18.7. The molecule has 0 bridgehead atoms. The smallest absolute Gasteiger partial charge is 0.236 e. The zero-order valence-electron chi connectivity index (χ0n) is 14.1. The molecule has 1 saturated carbocycles. The van der Waals surface area contributed by atoms with Gasteiger partial charge < -0.3 is 5.32 Å². The molecule has 1 fully saturated rings. The summed E-state index contributed by atoms with van der Waals surface area (Å²) in [6.07, 6.45) is 12.3. The summed E-state index contributed by atoms with van der Waals surface area (Å²) in [5.41, 5.74) is 2.03. The highest BCUT2D eigenvalue weighted by atomic mass is 35.5. The molecular weight excluding hydrogens is 387 g/mol. The Morgan fingerprint density at radius 1 is 1.38 bits per heavy atom. The number of carbonyl (C=O) groups is 1. The van der Waals surface area contributed by atoms with Gasteiger partial charge in [0.1, 0.15) is 0 Å². The largest absolute Gasteiger partial charge is 0.301 e. The molecule has 1 aliphatic rings. The van der Waals surface area contributed by atoms with E-state index in [-0.39, 0.29) is 5.91 Å². The molecule has 0 radical (unpaired) electrons. The predicted octanol–water partition coefficient (Wildman–Crippen LogP) is 5.97. The molecule has 0 aliphatic heterocycles. The van der Waals surface area contributed by atoms with Crippen molar-refractivity contribution in [3.05, 3.63) is 57.4 Å². The van der Waals surface area contributed by atoms with Gasteiger partial charge in [0, 0.05) is 10.9 Å². The predicted molar refractivity (Wildman–Crippen MR) is 110 cm³/mol. The number of carbonyl (C=O) groups excluding carboxylic acids is 1. The van der Waals surface area contributed by atoms with Gasteiger partial charge in [0.2, 0.25) is 5.91 Å². The number of terminal acetylenes is 1. The molecule has 0 saturated heterocycles. The van der Waals surface area contributed by atoms with Gasteiger partial charge in [-0.1, -0.05) is 41.3 Å². The maximum absolute atomic E-state index is 12.8. The molecule has 6 heteroatoms. The normalized spacial score (nSPS) is 15.7. The van der Waals surface area contributed by atoms with E-state index in [4.69, 9.17) is 29.6 Å². The van der Waals surface area contributed by atoms with Crippen LogP contribution in [0, 0.1) is 17.8 Å². The molecule has 3 rings (SSSR count). The number of nitrogens with one attached hydrogen (secondary N) is 1. The monoisotopic (exact) mass is 402 g/mol. The SMILES string of the molecule is C#C/C=C\C(=C/C)C1(C(=O)Nc2nc(-c3ccc(Cl)c(Cl)c3)cs2)CC1. The lowest BCUT2D eigenvalue weighted by Gasteiger charge is -2.15. The molecule has 0 atom stereocenters. The summed E-state index contributed by atoms with van der Waals surface area (Å²) in [6.45, 7) is 1.91. The molecule has 2 aromatic rings.